The maximum absolute atomic E-state index is 12.0. The van der Waals surface area contributed by atoms with Gasteiger partial charge in [0.1, 0.15) is 0 Å². The van der Waals surface area contributed by atoms with E-state index in [1.807, 2.05) is 0 Å². The van der Waals surface area contributed by atoms with Crippen molar-refractivity contribution in [2.24, 2.45) is 5.92 Å². The van der Waals surface area contributed by atoms with Gasteiger partial charge in [-0.1, -0.05) is 26.0 Å². The van der Waals surface area contributed by atoms with E-state index in [2.05, 4.69) is 15.6 Å². The molecular formula is C18H21N3O4S. The number of aromatic carboxylic acids is 1. The lowest BCUT2D eigenvalue weighted by molar-refractivity contribution is -0.120. The fourth-order valence-electron chi connectivity index (χ4n) is 2.08. The van der Waals surface area contributed by atoms with Crippen molar-refractivity contribution in [3.05, 3.63) is 46.5 Å². The summed E-state index contributed by atoms with van der Waals surface area (Å²) in [7, 11) is 0. The highest BCUT2D eigenvalue weighted by molar-refractivity contribution is 7.13. The molecule has 0 unspecified atom stereocenters. The number of carbonyl (C=O) groups is 3. The second-order valence-corrected chi connectivity index (χ2v) is 6.92. The summed E-state index contributed by atoms with van der Waals surface area (Å²) in [5, 5.41) is 16.6. The Morgan fingerprint density at radius 1 is 1.19 bits per heavy atom. The number of carboxylic acid groups (broad SMARTS) is 1. The van der Waals surface area contributed by atoms with Crippen LogP contribution in [0.2, 0.25) is 0 Å². The molecule has 0 saturated carbocycles. The van der Waals surface area contributed by atoms with E-state index in [-0.39, 0.29) is 29.7 Å². The molecule has 0 bridgehead atoms. The van der Waals surface area contributed by atoms with Crippen LogP contribution in [0.1, 0.15) is 35.5 Å². The average molecular weight is 375 g/mol. The normalized spacial score (nSPS) is 10.6. The van der Waals surface area contributed by atoms with Gasteiger partial charge in [-0.2, -0.15) is 0 Å². The van der Waals surface area contributed by atoms with Gasteiger partial charge in [0.25, 0.3) is 0 Å². The number of thiazole rings is 1. The van der Waals surface area contributed by atoms with Crippen molar-refractivity contribution >= 4 is 34.3 Å². The van der Waals surface area contributed by atoms with E-state index in [0.29, 0.717) is 23.8 Å². The van der Waals surface area contributed by atoms with Gasteiger partial charge in [0.15, 0.2) is 5.13 Å². The van der Waals surface area contributed by atoms with Gasteiger partial charge in [0, 0.05) is 17.8 Å². The van der Waals surface area contributed by atoms with E-state index in [9.17, 15) is 14.4 Å². The number of benzene rings is 1. The van der Waals surface area contributed by atoms with Crippen LogP contribution in [0.3, 0.4) is 0 Å². The van der Waals surface area contributed by atoms with E-state index < -0.39 is 5.97 Å². The predicted molar refractivity (Wildman–Crippen MR) is 99.4 cm³/mol. The van der Waals surface area contributed by atoms with Crippen LogP contribution in [-0.2, 0) is 22.4 Å². The summed E-state index contributed by atoms with van der Waals surface area (Å²) >= 11 is 1.29. The second kappa shape index (κ2) is 9.10. The number of anilines is 1. The van der Waals surface area contributed by atoms with Crippen LogP contribution in [0.5, 0.6) is 0 Å². The van der Waals surface area contributed by atoms with Crippen molar-refractivity contribution in [3.63, 3.8) is 0 Å². The van der Waals surface area contributed by atoms with Gasteiger partial charge in [-0.3, -0.25) is 9.59 Å². The molecule has 0 spiro atoms. The molecule has 1 aromatic heterocycles. The Kier molecular flexibility index (Phi) is 6.85. The third-order valence-corrected chi connectivity index (χ3v) is 4.39. The molecule has 3 N–H and O–H groups in total. The highest BCUT2D eigenvalue weighted by Crippen LogP contribution is 2.16. The van der Waals surface area contributed by atoms with Crippen LogP contribution in [0, 0.1) is 5.92 Å². The van der Waals surface area contributed by atoms with Crippen molar-refractivity contribution in [1.29, 1.82) is 0 Å². The number of nitrogens with one attached hydrogen (secondary N) is 2. The highest BCUT2D eigenvalue weighted by atomic mass is 32.1. The summed E-state index contributed by atoms with van der Waals surface area (Å²) in [6, 6.07) is 6.56. The number of amides is 2. The van der Waals surface area contributed by atoms with Crippen molar-refractivity contribution in [1.82, 2.24) is 10.3 Å². The Balaban J connectivity index is 1.76. The van der Waals surface area contributed by atoms with Crippen LogP contribution in [0.25, 0.3) is 0 Å². The summed E-state index contributed by atoms with van der Waals surface area (Å²) in [6.07, 6.45) is 0.754. The number of carboxylic acids is 1. The third kappa shape index (κ3) is 5.96. The molecule has 0 fully saturated rings. The third-order valence-electron chi connectivity index (χ3n) is 3.58. The first kappa shape index (κ1) is 19.6. The van der Waals surface area contributed by atoms with Gasteiger partial charge in [-0.15, -0.1) is 11.3 Å². The van der Waals surface area contributed by atoms with Crippen molar-refractivity contribution < 1.29 is 19.5 Å². The molecule has 2 amide bonds. The van der Waals surface area contributed by atoms with Gasteiger partial charge >= 0.3 is 5.97 Å². The molecule has 0 aliphatic rings. The van der Waals surface area contributed by atoms with Gasteiger partial charge in [0.2, 0.25) is 11.8 Å². The first-order valence-corrected chi connectivity index (χ1v) is 9.07. The van der Waals surface area contributed by atoms with Crippen molar-refractivity contribution in [2.45, 2.75) is 26.7 Å². The van der Waals surface area contributed by atoms with Crippen LogP contribution >= 0.6 is 11.3 Å². The minimum atomic E-state index is -0.961. The molecule has 8 heteroatoms. The Bertz CT molecular complexity index is 784. The Labute approximate surface area is 155 Å². The summed E-state index contributed by atoms with van der Waals surface area (Å²) in [5.41, 5.74) is 1.79. The molecule has 26 heavy (non-hydrogen) atoms. The standard InChI is InChI=1S/C18H21N3O4S/c1-11(2)16(23)21-18-20-14(10-26-18)9-15(22)19-8-7-12-3-5-13(6-4-12)17(24)25/h3-6,10-11H,7-9H2,1-2H3,(H,19,22)(H,24,25)(H,20,21,23). The van der Waals surface area contributed by atoms with E-state index in [4.69, 9.17) is 5.11 Å². The van der Waals surface area contributed by atoms with Crippen molar-refractivity contribution in [3.8, 4) is 0 Å². The fraction of sp³-hybridized carbons (Fsp3) is 0.333. The quantitative estimate of drug-likeness (QED) is 0.656. The molecule has 0 saturated heterocycles. The summed E-state index contributed by atoms with van der Waals surface area (Å²) < 4.78 is 0. The first-order valence-electron chi connectivity index (χ1n) is 8.19. The topological polar surface area (TPSA) is 108 Å². The lowest BCUT2D eigenvalue weighted by Crippen LogP contribution is -2.27. The molecule has 0 atom stereocenters. The molecule has 0 aliphatic carbocycles. The van der Waals surface area contributed by atoms with E-state index in [1.54, 1.807) is 43.5 Å². The zero-order valence-electron chi connectivity index (χ0n) is 14.6. The maximum Gasteiger partial charge on any atom is 0.335 e. The number of hydrogen-bond acceptors (Lipinski definition) is 5. The Morgan fingerprint density at radius 2 is 1.88 bits per heavy atom. The molecular weight excluding hydrogens is 354 g/mol. The molecule has 0 aliphatic heterocycles. The largest absolute Gasteiger partial charge is 0.478 e. The SMILES string of the molecule is CC(C)C(=O)Nc1nc(CC(=O)NCCc2ccc(C(=O)O)cc2)cs1. The number of rotatable bonds is 8. The minimum absolute atomic E-state index is 0.107. The molecule has 1 aromatic carbocycles. The zero-order valence-corrected chi connectivity index (χ0v) is 15.4. The first-order chi connectivity index (χ1) is 12.3. The number of aromatic nitrogens is 1. The Hall–Kier alpha value is -2.74. The molecule has 2 rings (SSSR count). The second-order valence-electron chi connectivity index (χ2n) is 6.07. The van der Waals surface area contributed by atoms with E-state index in [0.717, 1.165) is 5.56 Å². The van der Waals surface area contributed by atoms with E-state index >= 15 is 0 Å². The molecule has 1 heterocycles. The number of nitrogens with zero attached hydrogens (tertiary/aromatic N) is 1. The van der Waals surface area contributed by atoms with Crippen LogP contribution in [0.4, 0.5) is 5.13 Å². The van der Waals surface area contributed by atoms with Crippen LogP contribution in [-0.4, -0.2) is 34.4 Å². The zero-order chi connectivity index (χ0) is 19.1. The van der Waals surface area contributed by atoms with Crippen LogP contribution in [0.15, 0.2) is 29.6 Å². The van der Waals surface area contributed by atoms with E-state index in [1.165, 1.54) is 11.3 Å². The smallest absolute Gasteiger partial charge is 0.335 e. The molecule has 0 radical (unpaired) electrons. The summed E-state index contributed by atoms with van der Waals surface area (Å²) in [6.45, 7) is 4.05. The molecule has 138 valence electrons. The van der Waals surface area contributed by atoms with Gasteiger partial charge < -0.3 is 15.7 Å². The minimum Gasteiger partial charge on any atom is -0.478 e. The predicted octanol–water partition coefficient (Wildman–Crippen LogP) is 2.34. The number of carbonyl (C=O) groups excluding carboxylic acids is 2. The highest BCUT2D eigenvalue weighted by Gasteiger charge is 2.12. The van der Waals surface area contributed by atoms with Crippen molar-refractivity contribution in [2.75, 3.05) is 11.9 Å². The molecule has 7 nitrogen and oxygen atoms in total. The monoisotopic (exact) mass is 375 g/mol. The fourth-order valence-corrected chi connectivity index (χ4v) is 2.80. The summed E-state index contributed by atoms with van der Waals surface area (Å²) in [5.74, 6) is -1.35. The average Bonchev–Trinajstić information content (AvgIpc) is 3.02. The number of hydrogen-bond donors (Lipinski definition) is 3. The molecule has 2 aromatic rings. The van der Waals surface area contributed by atoms with Gasteiger partial charge in [-0.25, -0.2) is 9.78 Å². The Morgan fingerprint density at radius 3 is 2.50 bits per heavy atom. The maximum atomic E-state index is 12.0. The lowest BCUT2D eigenvalue weighted by atomic mass is 10.1. The van der Waals surface area contributed by atoms with Gasteiger partial charge in [-0.05, 0) is 24.1 Å². The van der Waals surface area contributed by atoms with Gasteiger partial charge in [0.05, 0.1) is 17.7 Å². The van der Waals surface area contributed by atoms with Crippen LogP contribution < -0.4 is 10.6 Å². The summed E-state index contributed by atoms with van der Waals surface area (Å²) in [4.78, 5) is 38.6. The lowest BCUT2D eigenvalue weighted by Gasteiger charge is -2.05.